The molecule has 1 aliphatic carbocycles. The lowest BCUT2D eigenvalue weighted by Crippen LogP contribution is -2.41. The Morgan fingerprint density at radius 1 is 1.40 bits per heavy atom. The molecule has 1 aromatic rings. The van der Waals surface area contributed by atoms with Gasteiger partial charge in [-0.2, -0.15) is 0 Å². The van der Waals surface area contributed by atoms with E-state index in [1.54, 1.807) is 0 Å². The molecule has 1 saturated carbocycles. The van der Waals surface area contributed by atoms with E-state index in [1.807, 2.05) is 0 Å². The number of carbonyl (C=O) groups is 1. The summed E-state index contributed by atoms with van der Waals surface area (Å²) in [6.07, 6.45) is 4.24. The van der Waals surface area contributed by atoms with Gasteiger partial charge in [-0.3, -0.25) is 14.9 Å². The number of hydrogen-bond donors (Lipinski definition) is 1. The SMILES string of the molecule is CC1CCCCC1NC(=O)c1cc(Cl)ccc1[N+](=O)[O-]. The Hall–Kier alpha value is -1.62. The summed E-state index contributed by atoms with van der Waals surface area (Å²) in [5.41, 5.74) is -0.185. The van der Waals surface area contributed by atoms with Gasteiger partial charge in [0.1, 0.15) is 5.56 Å². The van der Waals surface area contributed by atoms with Crippen LogP contribution in [0.3, 0.4) is 0 Å². The van der Waals surface area contributed by atoms with E-state index >= 15 is 0 Å². The molecule has 1 aromatic carbocycles. The highest BCUT2D eigenvalue weighted by Crippen LogP contribution is 2.26. The lowest BCUT2D eigenvalue weighted by atomic mass is 9.86. The van der Waals surface area contributed by atoms with Crippen LogP contribution < -0.4 is 5.32 Å². The highest BCUT2D eigenvalue weighted by Gasteiger charge is 2.26. The Bertz CT molecular complexity index is 533. The highest BCUT2D eigenvalue weighted by atomic mass is 35.5. The van der Waals surface area contributed by atoms with Crippen molar-refractivity contribution >= 4 is 23.2 Å². The maximum Gasteiger partial charge on any atom is 0.282 e. The average Bonchev–Trinajstić information content (AvgIpc) is 2.40. The van der Waals surface area contributed by atoms with Crippen molar-refractivity contribution in [3.05, 3.63) is 38.9 Å². The number of carbonyl (C=O) groups excluding carboxylic acids is 1. The summed E-state index contributed by atoms with van der Waals surface area (Å²) < 4.78 is 0. The summed E-state index contributed by atoms with van der Waals surface area (Å²) in [6, 6.07) is 4.11. The minimum Gasteiger partial charge on any atom is -0.349 e. The number of nitrogens with one attached hydrogen (secondary N) is 1. The molecule has 0 aromatic heterocycles. The van der Waals surface area contributed by atoms with E-state index in [-0.39, 0.29) is 17.3 Å². The van der Waals surface area contributed by atoms with E-state index in [0.29, 0.717) is 10.9 Å². The van der Waals surface area contributed by atoms with Gasteiger partial charge in [-0.25, -0.2) is 0 Å². The van der Waals surface area contributed by atoms with Crippen LogP contribution in [-0.4, -0.2) is 16.9 Å². The van der Waals surface area contributed by atoms with Crippen molar-refractivity contribution in [2.75, 3.05) is 0 Å². The summed E-state index contributed by atoms with van der Waals surface area (Å²) >= 11 is 5.83. The van der Waals surface area contributed by atoms with Crippen molar-refractivity contribution in [3.8, 4) is 0 Å². The van der Waals surface area contributed by atoms with Crippen molar-refractivity contribution in [2.24, 2.45) is 5.92 Å². The zero-order chi connectivity index (χ0) is 14.7. The Kier molecular flexibility index (Phi) is 4.60. The molecule has 0 saturated heterocycles. The number of amides is 1. The van der Waals surface area contributed by atoms with Crippen LogP contribution in [0.25, 0.3) is 0 Å². The van der Waals surface area contributed by atoms with Gasteiger partial charge in [0.25, 0.3) is 11.6 Å². The predicted molar refractivity (Wildman–Crippen MR) is 77.0 cm³/mol. The van der Waals surface area contributed by atoms with Gasteiger partial charge in [0, 0.05) is 17.1 Å². The fourth-order valence-corrected chi connectivity index (χ4v) is 2.80. The van der Waals surface area contributed by atoms with Gasteiger partial charge in [0.2, 0.25) is 0 Å². The number of halogens is 1. The molecule has 2 rings (SSSR count). The number of nitrogens with zero attached hydrogens (tertiary/aromatic N) is 1. The topological polar surface area (TPSA) is 72.2 Å². The third-order valence-corrected chi connectivity index (χ3v) is 4.06. The summed E-state index contributed by atoms with van der Waals surface area (Å²) in [4.78, 5) is 22.7. The van der Waals surface area contributed by atoms with Gasteiger partial charge in [-0.1, -0.05) is 31.4 Å². The molecule has 20 heavy (non-hydrogen) atoms. The highest BCUT2D eigenvalue weighted by molar-refractivity contribution is 6.31. The van der Waals surface area contributed by atoms with E-state index in [1.165, 1.54) is 24.6 Å². The molecule has 2 atom stereocenters. The van der Waals surface area contributed by atoms with Crippen LogP contribution in [-0.2, 0) is 0 Å². The largest absolute Gasteiger partial charge is 0.349 e. The number of nitro groups is 1. The van der Waals surface area contributed by atoms with Crippen LogP contribution in [0.4, 0.5) is 5.69 Å². The second kappa shape index (κ2) is 6.22. The summed E-state index contributed by atoms with van der Waals surface area (Å²) in [5.74, 6) is -0.0242. The molecule has 0 heterocycles. The van der Waals surface area contributed by atoms with Crippen molar-refractivity contribution in [1.29, 1.82) is 0 Å². The van der Waals surface area contributed by atoms with Gasteiger partial charge in [-0.05, 0) is 30.9 Å². The van der Waals surface area contributed by atoms with E-state index in [0.717, 1.165) is 19.3 Å². The van der Waals surface area contributed by atoms with Gasteiger partial charge in [-0.15, -0.1) is 0 Å². The lowest BCUT2D eigenvalue weighted by Gasteiger charge is -2.29. The zero-order valence-corrected chi connectivity index (χ0v) is 12.0. The monoisotopic (exact) mass is 296 g/mol. The lowest BCUT2D eigenvalue weighted by molar-refractivity contribution is -0.385. The van der Waals surface area contributed by atoms with Crippen LogP contribution in [0.15, 0.2) is 18.2 Å². The number of nitro benzene ring substituents is 1. The maximum atomic E-state index is 12.3. The number of rotatable bonds is 3. The Morgan fingerprint density at radius 3 is 2.75 bits per heavy atom. The molecule has 6 heteroatoms. The summed E-state index contributed by atoms with van der Waals surface area (Å²) in [5, 5.41) is 14.2. The Balaban J connectivity index is 2.20. The van der Waals surface area contributed by atoms with Crippen LogP contribution in [0, 0.1) is 16.0 Å². The van der Waals surface area contributed by atoms with E-state index < -0.39 is 10.8 Å². The van der Waals surface area contributed by atoms with Crippen LogP contribution >= 0.6 is 11.6 Å². The van der Waals surface area contributed by atoms with Crippen molar-refractivity contribution in [1.82, 2.24) is 5.32 Å². The fraction of sp³-hybridized carbons (Fsp3) is 0.500. The van der Waals surface area contributed by atoms with Crippen LogP contribution in [0.2, 0.25) is 5.02 Å². The van der Waals surface area contributed by atoms with E-state index in [4.69, 9.17) is 11.6 Å². The molecule has 0 bridgehead atoms. The average molecular weight is 297 g/mol. The second-order valence-corrected chi connectivity index (χ2v) is 5.70. The minimum absolute atomic E-state index is 0.0280. The van der Waals surface area contributed by atoms with Crippen LogP contribution in [0.5, 0.6) is 0 Å². The smallest absolute Gasteiger partial charge is 0.282 e. The third-order valence-electron chi connectivity index (χ3n) is 3.83. The summed E-state index contributed by atoms with van der Waals surface area (Å²) in [7, 11) is 0. The van der Waals surface area contributed by atoms with Gasteiger partial charge in [0.15, 0.2) is 0 Å². The molecule has 1 amide bonds. The third kappa shape index (κ3) is 3.28. The fourth-order valence-electron chi connectivity index (χ4n) is 2.63. The second-order valence-electron chi connectivity index (χ2n) is 5.26. The number of hydrogen-bond acceptors (Lipinski definition) is 3. The first-order chi connectivity index (χ1) is 9.49. The molecular formula is C14H17ClN2O3. The molecule has 1 N–H and O–H groups in total. The van der Waals surface area contributed by atoms with Gasteiger partial charge in [0.05, 0.1) is 4.92 Å². The van der Waals surface area contributed by atoms with Crippen molar-refractivity contribution < 1.29 is 9.72 Å². The van der Waals surface area contributed by atoms with Crippen molar-refractivity contribution in [2.45, 2.75) is 38.6 Å². The predicted octanol–water partition coefficient (Wildman–Crippen LogP) is 3.56. The molecule has 2 unspecified atom stereocenters. The molecule has 0 aliphatic heterocycles. The molecule has 5 nitrogen and oxygen atoms in total. The molecular weight excluding hydrogens is 280 g/mol. The van der Waals surface area contributed by atoms with E-state index in [2.05, 4.69) is 12.2 Å². The Labute approximate surface area is 122 Å². The van der Waals surface area contributed by atoms with Gasteiger partial charge >= 0.3 is 0 Å². The molecule has 108 valence electrons. The first kappa shape index (κ1) is 14.8. The molecule has 1 aliphatic rings. The first-order valence-electron chi connectivity index (χ1n) is 6.74. The quantitative estimate of drug-likeness (QED) is 0.684. The van der Waals surface area contributed by atoms with Crippen LogP contribution in [0.1, 0.15) is 43.0 Å². The molecule has 1 fully saturated rings. The standard InChI is InChI=1S/C14H17ClN2O3/c1-9-4-2-3-5-12(9)16-14(18)11-8-10(15)6-7-13(11)17(19)20/h6-9,12H,2-5H2,1H3,(H,16,18). The maximum absolute atomic E-state index is 12.3. The summed E-state index contributed by atoms with van der Waals surface area (Å²) in [6.45, 7) is 2.09. The Morgan fingerprint density at radius 2 is 2.10 bits per heavy atom. The van der Waals surface area contributed by atoms with Crippen molar-refractivity contribution in [3.63, 3.8) is 0 Å². The first-order valence-corrected chi connectivity index (χ1v) is 7.11. The molecule has 0 radical (unpaired) electrons. The normalized spacial score (nSPS) is 22.3. The zero-order valence-electron chi connectivity index (χ0n) is 11.3. The minimum atomic E-state index is -0.560. The van der Waals surface area contributed by atoms with Gasteiger partial charge < -0.3 is 5.32 Å². The van der Waals surface area contributed by atoms with E-state index in [9.17, 15) is 14.9 Å². The molecule has 0 spiro atoms. The number of benzene rings is 1.